The third-order valence-electron chi connectivity index (χ3n) is 1.63. The molecule has 0 saturated heterocycles. The van der Waals surface area contributed by atoms with Crippen LogP contribution in [0.4, 0.5) is 0 Å². The molecule has 0 aliphatic carbocycles. The highest BCUT2D eigenvalue weighted by molar-refractivity contribution is 14.1. The summed E-state index contributed by atoms with van der Waals surface area (Å²) in [4.78, 5) is 13.4. The van der Waals surface area contributed by atoms with Crippen LogP contribution in [0, 0.1) is 10.5 Å². The lowest BCUT2D eigenvalue weighted by Gasteiger charge is -2.01. The van der Waals surface area contributed by atoms with Gasteiger partial charge in [-0.2, -0.15) is 0 Å². The second-order valence-corrected chi connectivity index (χ2v) is 4.93. The molecule has 2 aromatic rings. The summed E-state index contributed by atoms with van der Waals surface area (Å²) in [5, 5.41) is 0.501. The van der Waals surface area contributed by atoms with Crippen LogP contribution in [0.3, 0.4) is 0 Å². The molecule has 0 bridgehead atoms. The molecule has 0 spiro atoms. The Bertz CT molecular complexity index is 435. The van der Waals surface area contributed by atoms with Crippen molar-refractivity contribution < 1.29 is 0 Å². The quantitative estimate of drug-likeness (QED) is 0.593. The number of aryl methyl sites for hydroxylation is 1. The third-order valence-corrected chi connectivity index (χ3v) is 4.28. The Morgan fingerprint density at radius 3 is 2.79 bits per heavy atom. The van der Waals surface area contributed by atoms with E-state index in [0.717, 1.165) is 14.1 Å². The van der Waals surface area contributed by atoms with Crippen molar-refractivity contribution >= 4 is 45.5 Å². The van der Waals surface area contributed by atoms with Crippen molar-refractivity contribution in [2.45, 2.75) is 6.92 Å². The molecule has 2 rings (SSSR count). The maximum absolute atomic E-state index is 5.96. The zero-order valence-electron chi connectivity index (χ0n) is 7.16. The SMILES string of the molecule is Cc1nc(-c2cncs2)nc(Cl)c1I. The summed E-state index contributed by atoms with van der Waals surface area (Å²) in [5.74, 6) is 0.649. The minimum atomic E-state index is 0.501. The highest BCUT2D eigenvalue weighted by Gasteiger charge is 2.09. The average molecular weight is 338 g/mol. The number of hydrogen-bond acceptors (Lipinski definition) is 4. The van der Waals surface area contributed by atoms with Gasteiger partial charge in [-0.1, -0.05) is 11.6 Å². The molecule has 0 fully saturated rings. The molecule has 72 valence electrons. The fraction of sp³-hybridized carbons (Fsp3) is 0.125. The Balaban J connectivity index is 2.57. The van der Waals surface area contributed by atoms with Gasteiger partial charge in [0.2, 0.25) is 0 Å². The van der Waals surface area contributed by atoms with Crippen molar-refractivity contribution in [3.63, 3.8) is 0 Å². The highest BCUT2D eigenvalue weighted by atomic mass is 127. The number of halogens is 2. The molecule has 0 unspecified atom stereocenters. The molecule has 0 saturated carbocycles. The maximum Gasteiger partial charge on any atom is 0.172 e. The summed E-state index contributed by atoms with van der Waals surface area (Å²) in [5.41, 5.74) is 2.65. The minimum absolute atomic E-state index is 0.501. The molecular formula is C8H5ClIN3S. The van der Waals surface area contributed by atoms with E-state index in [0.29, 0.717) is 11.0 Å². The van der Waals surface area contributed by atoms with Crippen LogP contribution in [0.15, 0.2) is 11.7 Å². The van der Waals surface area contributed by atoms with Gasteiger partial charge in [-0.25, -0.2) is 9.97 Å². The van der Waals surface area contributed by atoms with E-state index in [-0.39, 0.29) is 0 Å². The van der Waals surface area contributed by atoms with Crippen molar-refractivity contribution in [3.8, 4) is 10.7 Å². The number of aromatic nitrogens is 3. The van der Waals surface area contributed by atoms with Crippen molar-refractivity contribution in [2.24, 2.45) is 0 Å². The largest absolute Gasteiger partial charge is 0.252 e. The Kier molecular flexibility index (Phi) is 2.99. The fourth-order valence-electron chi connectivity index (χ4n) is 0.961. The third kappa shape index (κ3) is 1.89. The van der Waals surface area contributed by atoms with Gasteiger partial charge in [-0.3, -0.25) is 4.98 Å². The molecular weight excluding hydrogens is 333 g/mol. The van der Waals surface area contributed by atoms with E-state index in [1.165, 1.54) is 11.3 Å². The molecule has 2 heterocycles. The first kappa shape index (κ1) is 10.3. The number of thiazole rings is 1. The van der Waals surface area contributed by atoms with Crippen LogP contribution in [0.1, 0.15) is 5.69 Å². The monoisotopic (exact) mass is 337 g/mol. The van der Waals surface area contributed by atoms with Crippen molar-refractivity contribution in [3.05, 3.63) is 26.1 Å². The average Bonchev–Trinajstić information content (AvgIpc) is 2.66. The number of nitrogens with zero attached hydrogens (tertiary/aromatic N) is 3. The zero-order valence-corrected chi connectivity index (χ0v) is 10.9. The van der Waals surface area contributed by atoms with E-state index < -0.39 is 0 Å². The molecule has 0 aliphatic heterocycles. The lowest BCUT2D eigenvalue weighted by atomic mass is 10.4. The number of hydrogen-bond donors (Lipinski definition) is 0. The van der Waals surface area contributed by atoms with Crippen LogP contribution in [0.5, 0.6) is 0 Å². The minimum Gasteiger partial charge on any atom is -0.252 e. The van der Waals surface area contributed by atoms with E-state index in [2.05, 4.69) is 37.5 Å². The summed E-state index contributed by atoms with van der Waals surface area (Å²) >= 11 is 9.60. The lowest BCUT2D eigenvalue weighted by Crippen LogP contribution is -1.95. The smallest absolute Gasteiger partial charge is 0.172 e. The van der Waals surface area contributed by atoms with Crippen LogP contribution < -0.4 is 0 Å². The summed E-state index contributed by atoms with van der Waals surface area (Å²) in [6, 6.07) is 0. The summed E-state index contributed by atoms with van der Waals surface area (Å²) in [7, 11) is 0. The van der Waals surface area contributed by atoms with Gasteiger partial charge < -0.3 is 0 Å². The van der Waals surface area contributed by atoms with Gasteiger partial charge in [0.1, 0.15) is 5.15 Å². The summed E-state index contributed by atoms with van der Waals surface area (Å²) in [6.07, 6.45) is 1.74. The van der Waals surface area contributed by atoms with Gasteiger partial charge in [0.25, 0.3) is 0 Å². The molecule has 14 heavy (non-hydrogen) atoms. The molecule has 2 aromatic heterocycles. The Morgan fingerprint density at radius 1 is 1.43 bits per heavy atom. The second-order valence-electron chi connectivity index (χ2n) is 2.60. The van der Waals surface area contributed by atoms with Crippen molar-refractivity contribution in [1.29, 1.82) is 0 Å². The van der Waals surface area contributed by atoms with E-state index >= 15 is 0 Å². The van der Waals surface area contributed by atoms with Crippen molar-refractivity contribution in [2.75, 3.05) is 0 Å². The second kappa shape index (κ2) is 4.08. The lowest BCUT2D eigenvalue weighted by molar-refractivity contribution is 1.10. The van der Waals surface area contributed by atoms with Gasteiger partial charge in [-0.15, -0.1) is 11.3 Å². The molecule has 3 nitrogen and oxygen atoms in total. The first-order valence-electron chi connectivity index (χ1n) is 3.77. The zero-order chi connectivity index (χ0) is 10.1. The van der Waals surface area contributed by atoms with Crippen LogP contribution in [0.2, 0.25) is 5.15 Å². The van der Waals surface area contributed by atoms with Crippen LogP contribution in [0.25, 0.3) is 10.7 Å². The van der Waals surface area contributed by atoms with Gasteiger partial charge in [0.15, 0.2) is 5.82 Å². The molecule has 0 N–H and O–H groups in total. The predicted molar refractivity (Wildman–Crippen MR) is 65.6 cm³/mol. The van der Waals surface area contributed by atoms with Gasteiger partial charge in [-0.05, 0) is 29.5 Å². The Labute approximate surface area is 104 Å². The van der Waals surface area contributed by atoms with E-state index in [1.807, 2.05) is 6.92 Å². The van der Waals surface area contributed by atoms with Crippen molar-refractivity contribution in [1.82, 2.24) is 15.0 Å². The van der Waals surface area contributed by atoms with Gasteiger partial charge in [0.05, 0.1) is 19.7 Å². The van der Waals surface area contributed by atoms with E-state index in [9.17, 15) is 0 Å². The molecule has 6 heteroatoms. The van der Waals surface area contributed by atoms with Gasteiger partial charge in [0, 0.05) is 6.20 Å². The molecule has 0 amide bonds. The van der Waals surface area contributed by atoms with Crippen LogP contribution in [-0.4, -0.2) is 15.0 Å². The van der Waals surface area contributed by atoms with Crippen LogP contribution in [-0.2, 0) is 0 Å². The van der Waals surface area contributed by atoms with E-state index in [1.54, 1.807) is 11.7 Å². The fourth-order valence-corrected chi connectivity index (χ4v) is 1.97. The first-order valence-corrected chi connectivity index (χ1v) is 6.10. The standard InChI is InChI=1S/C8H5ClIN3S/c1-4-6(10)7(9)13-8(12-4)5-2-11-3-14-5/h2-3H,1H3. The van der Waals surface area contributed by atoms with E-state index in [4.69, 9.17) is 11.6 Å². The Morgan fingerprint density at radius 2 is 2.21 bits per heavy atom. The molecule has 0 aliphatic rings. The Hall–Kier alpha value is -0.270. The molecule has 0 aromatic carbocycles. The highest BCUT2D eigenvalue weighted by Crippen LogP contribution is 2.25. The number of rotatable bonds is 1. The topological polar surface area (TPSA) is 38.7 Å². The van der Waals surface area contributed by atoms with Crippen LogP contribution >= 0.6 is 45.5 Å². The summed E-state index contributed by atoms with van der Waals surface area (Å²) in [6.45, 7) is 1.92. The maximum atomic E-state index is 5.96. The van der Waals surface area contributed by atoms with Gasteiger partial charge >= 0.3 is 0 Å². The first-order chi connectivity index (χ1) is 6.68. The normalized spacial score (nSPS) is 10.5. The summed E-state index contributed by atoms with van der Waals surface area (Å²) < 4.78 is 0.900. The molecule has 0 atom stereocenters. The molecule has 0 radical (unpaired) electrons. The predicted octanol–water partition coefficient (Wildman–Crippen LogP) is 3.17.